The highest BCUT2D eigenvalue weighted by atomic mass is 19.4. The zero-order chi connectivity index (χ0) is 27.4. The van der Waals surface area contributed by atoms with Crippen LogP contribution in [0.25, 0.3) is 17.1 Å². The molecule has 5 aromatic rings. The Labute approximate surface area is 220 Å². The van der Waals surface area contributed by atoms with Crippen LogP contribution in [-0.2, 0) is 12.8 Å². The van der Waals surface area contributed by atoms with Crippen molar-refractivity contribution < 1.29 is 32.5 Å². The second-order valence-corrected chi connectivity index (χ2v) is 8.35. The molecule has 0 saturated heterocycles. The van der Waals surface area contributed by atoms with Gasteiger partial charge in [0.25, 0.3) is 0 Å². The maximum atomic E-state index is 13.7. The molecule has 1 N–H and O–H groups in total. The predicted molar refractivity (Wildman–Crippen MR) is 136 cm³/mol. The van der Waals surface area contributed by atoms with Crippen molar-refractivity contribution in [1.82, 2.24) is 14.8 Å². The first-order chi connectivity index (χ1) is 18.8. The quantitative estimate of drug-likeness (QED) is 0.232. The number of alkyl halides is 3. The van der Waals surface area contributed by atoms with Gasteiger partial charge in [-0.3, -0.25) is 0 Å². The molecule has 7 nitrogen and oxygen atoms in total. The number of pyridine rings is 1. The van der Waals surface area contributed by atoms with Gasteiger partial charge in [-0.05, 0) is 54.1 Å². The average molecular weight is 531 g/mol. The minimum absolute atomic E-state index is 0.184. The van der Waals surface area contributed by atoms with Crippen LogP contribution < -0.4 is 9.47 Å². The summed E-state index contributed by atoms with van der Waals surface area (Å²) >= 11 is 0. The van der Waals surface area contributed by atoms with Crippen molar-refractivity contribution in [2.24, 2.45) is 0 Å². The number of halogens is 3. The van der Waals surface area contributed by atoms with Gasteiger partial charge >= 0.3 is 12.1 Å². The minimum atomic E-state index is -4.95. The molecule has 0 bridgehead atoms. The van der Waals surface area contributed by atoms with E-state index >= 15 is 0 Å². The van der Waals surface area contributed by atoms with Gasteiger partial charge in [-0.25, -0.2) is 14.5 Å². The molecule has 0 fully saturated rings. The smallest absolute Gasteiger partial charge is 0.434 e. The van der Waals surface area contributed by atoms with Gasteiger partial charge in [-0.1, -0.05) is 48.5 Å². The fourth-order valence-electron chi connectivity index (χ4n) is 3.89. The van der Waals surface area contributed by atoms with E-state index < -0.39 is 23.4 Å². The highest BCUT2D eigenvalue weighted by molar-refractivity contribution is 5.89. The molecule has 2 heterocycles. The van der Waals surface area contributed by atoms with Gasteiger partial charge in [0.1, 0.15) is 29.4 Å². The fraction of sp³-hybridized carbons (Fsp3) is 0.0690. The SMILES string of the molecule is O=C(O)c1cnn(-c2cccc(-c3ccccc3OCc3ccc(Oc4ccccc4)cc3)n2)c1C(F)(F)F. The van der Waals surface area contributed by atoms with Gasteiger partial charge in [0.05, 0.1) is 11.9 Å². The second-order valence-electron chi connectivity index (χ2n) is 8.35. The van der Waals surface area contributed by atoms with E-state index in [0.717, 1.165) is 11.3 Å². The summed E-state index contributed by atoms with van der Waals surface area (Å²) < 4.78 is 53.4. The lowest BCUT2D eigenvalue weighted by Crippen LogP contribution is -2.18. The highest BCUT2D eigenvalue weighted by Crippen LogP contribution is 2.35. The third-order valence-corrected chi connectivity index (χ3v) is 5.68. The number of carboxylic acids is 1. The molecule has 0 aliphatic carbocycles. The number of aromatic carboxylic acids is 1. The number of rotatable bonds is 8. The first kappa shape index (κ1) is 25.5. The third-order valence-electron chi connectivity index (χ3n) is 5.68. The molecule has 0 radical (unpaired) electrons. The van der Waals surface area contributed by atoms with Crippen molar-refractivity contribution in [2.75, 3.05) is 0 Å². The van der Waals surface area contributed by atoms with Gasteiger partial charge in [-0.2, -0.15) is 18.3 Å². The van der Waals surface area contributed by atoms with Crippen molar-refractivity contribution in [3.63, 3.8) is 0 Å². The standard InChI is InChI=1S/C29H20F3N3O4/c30-29(31,32)27-23(28(36)37)17-33-35(27)26-12-6-10-24(34-26)22-9-4-5-11-25(22)38-18-19-13-15-21(16-14-19)39-20-7-2-1-3-8-20/h1-17H,18H2,(H,36,37). The summed E-state index contributed by atoms with van der Waals surface area (Å²) in [7, 11) is 0. The normalized spacial score (nSPS) is 11.3. The van der Waals surface area contributed by atoms with E-state index in [1.807, 2.05) is 54.6 Å². The summed E-state index contributed by atoms with van der Waals surface area (Å²) in [5, 5.41) is 12.8. The average Bonchev–Trinajstić information content (AvgIpc) is 3.40. The number of aromatic nitrogens is 3. The molecule has 0 unspecified atom stereocenters. The molecule has 0 atom stereocenters. The minimum Gasteiger partial charge on any atom is -0.488 e. The van der Waals surface area contributed by atoms with Gasteiger partial charge < -0.3 is 14.6 Å². The zero-order valence-corrected chi connectivity index (χ0v) is 20.2. The number of para-hydroxylation sites is 2. The van der Waals surface area contributed by atoms with Crippen molar-refractivity contribution in [1.29, 1.82) is 0 Å². The monoisotopic (exact) mass is 531 g/mol. The maximum Gasteiger partial charge on any atom is 0.434 e. The summed E-state index contributed by atoms with van der Waals surface area (Å²) in [5.74, 6) is -0.0511. The van der Waals surface area contributed by atoms with Crippen LogP contribution in [0.4, 0.5) is 13.2 Å². The largest absolute Gasteiger partial charge is 0.488 e. The summed E-state index contributed by atoms with van der Waals surface area (Å²) in [4.78, 5) is 15.7. The number of benzene rings is 3. The van der Waals surface area contributed by atoms with Gasteiger partial charge in [0.15, 0.2) is 11.5 Å². The van der Waals surface area contributed by atoms with Gasteiger partial charge in [0.2, 0.25) is 0 Å². The molecule has 3 aromatic carbocycles. The summed E-state index contributed by atoms with van der Waals surface area (Å²) in [6.45, 7) is 0.224. The zero-order valence-electron chi connectivity index (χ0n) is 20.2. The van der Waals surface area contributed by atoms with Crippen molar-refractivity contribution in [2.45, 2.75) is 12.8 Å². The van der Waals surface area contributed by atoms with Crippen LogP contribution in [-0.4, -0.2) is 25.8 Å². The molecule has 5 rings (SSSR count). The molecule has 0 aliphatic heterocycles. The van der Waals surface area contributed by atoms with E-state index in [4.69, 9.17) is 9.47 Å². The highest BCUT2D eigenvalue weighted by Gasteiger charge is 2.41. The molecular weight excluding hydrogens is 511 g/mol. The third kappa shape index (κ3) is 5.74. The molecule has 10 heteroatoms. The lowest BCUT2D eigenvalue weighted by Gasteiger charge is -2.14. The van der Waals surface area contributed by atoms with Crippen LogP contribution in [0.5, 0.6) is 17.2 Å². The first-order valence-electron chi connectivity index (χ1n) is 11.7. The molecule has 0 spiro atoms. The van der Waals surface area contributed by atoms with Crippen molar-refractivity contribution >= 4 is 5.97 Å². The van der Waals surface area contributed by atoms with Crippen molar-refractivity contribution in [3.05, 3.63) is 120 Å². The Kier molecular flexibility index (Phi) is 7.00. The topological polar surface area (TPSA) is 86.5 Å². The van der Waals surface area contributed by atoms with Gasteiger partial charge in [-0.15, -0.1) is 0 Å². The second kappa shape index (κ2) is 10.7. The molecule has 2 aromatic heterocycles. The predicted octanol–water partition coefficient (Wildman–Crippen LogP) is 7.02. The van der Waals surface area contributed by atoms with E-state index in [1.165, 1.54) is 12.1 Å². The number of carbonyl (C=O) groups is 1. The van der Waals surface area contributed by atoms with Crippen LogP contribution in [0.3, 0.4) is 0 Å². The molecule has 0 saturated carbocycles. The summed E-state index contributed by atoms with van der Waals surface area (Å²) in [6.07, 6.45) is -4.29. The van der Waals surface area contributed by atoms with Crippen LogP contribution >= 0.6 is 0 Å². The number of hydrogen-bond acceptors (Lipinski definition) is 5. The van der Waals surface area contributed by atoms with E-state index in [-0.39, 0.29) is 12.4 Å². The molecule has 196 valence electrons. The van der Waals surface area contributed by atoms with Crippen LogP contribution in [0.15, 0.2) is 103 Å². The molecule has 39 heavy (non-hydrogen) atoms. The van der Waals surface area contributed by atoms with Crippen molar-refractivity contribution in [3.8, 4) is 34.3 Å². The molecule has 0 aliphatic rings. The number of nitrogens with zero attached hydrogens (tertiary/aromatic N) is 3. The van der Waals surface area contributed by atoms with Crippen LogP contribution in [0.2, 0.25) is 0 Å². The van der Waals surface area contributed by atoms with Gasteiger partial charge in [0, 0.05) is 5.56 Å². The Morgan fingerprint density at radius 1 is 0.846 bits per heavy atom. The number of hydrogen-bond donors (Lipinski definition) is 1. The molecule has 0 amide bonds. The summed E-state index contributed by atoms with van der Waals surface area (Å²) in [6, 6.07) is 28.2. The first-order valence-corrected chi connectivity index (χ1v) is 11.7. The number of ether oxygens (including phenoxy) is 2. The summed E-state index contributed by atoms with van der Waals surface area (Å²) in [5.41, 5.74) is -0.625. The van der Waals surface area contributed by atoms with Crippen LogP contribution in [0, 0.1) is 0 Å². The fourth-order valence-corrected chi connectivity index (χ4v) is 3.89. The van der Waals surface area contributed by atoms with E-state index in [0.29, 0.717) is 33.6 Å². The lowest BCUT2D eigenvalue weighted by atomic mass is 10.1. The van der Waals surface area contributed by atoms with E-state index in [1.54, 1.807) is 30.3 Å². The number of carboxylic acid groups (broad SMARTS) is 1. The van der Waals surface area contributed by atoms with E-state index in [9.17, 15) is 23.1 Å². The Balaban J connectivity index is 1.37. The van der Waals surface area contributed by atoms with Crippen LogP contribution in [0.1, 0.15) is 21.6 Å². The lowest BCUT2D eigenvalue weighted by molar-refractivity contribution is -0.143. The Bertz CT molecular complexity index is 1600. The Hall–Kier alpha value is -5.12. The Morgan fingerprint density at radius 2 is 1.54 bits per heavy atom. The molecular formula is C29H20F3N3O4. The van der Waals surface area contributed by atoms with E-state index in [2.05, 4.69) is 10.1 Å². The Morgan fingerprint density at radius 3 is 2.26 bits per heavy atom. The maximum absolute atomic E-state index is 13.7.